The van der Waals surface area contributed by atoms with Crippen molar-refractivity contribution in [2.24, 2.45) is 0 Å². The first-order valence-electron chi connectivity index (χ1n) is 3.75. The lowest BCUT2D eigenvalue weighted by Gasteiger charge is -2.01. The van der Waals surface area contributed by atoms with E-state index in [1.807, 2.05) is 0 Å². The van der Waals surface area contributed by atoms with Crippen molar-refractivity contribution in [2.75, 3.05) is 0 Å². The number of rotatable bonds is 0. The van der Waals surface area contributed by atoms with Gasteiger partial charge in [-0.25, -0.2) is 0 Å². The normalized spacial score (nSPS) is 10.8. The van der Waals surface area contributed by atoms with Gasteiger partial charge in [-0.1, -0.05) is 23.2 Å². The van der Waals surface area contributed by atoms with Crippen molar-refractivity contribution in [1.82, 2.24) is 4.98 Å². The first kappa shape index (κ1) is 10.0. The Morgan fingerprint density at radius 1 is 1.29 bits per heavy atom. The van der Waals surface area contributed by atoms with Crippen LogP contribution in [0.1, 0.15) is 0 Å². The van der Waals surface area contributed by atoms with Gasteiger partial charge in [-0.2, -0.15) is 0 Å². The molecular formula is C9H4BrCl2NO. The van der Waals surface area contributed by atoms with Gasteiger partial charge in [0.05, 0.1) is 15.0 Å². The molecule has 14 heavy (non-hydrogen) atoms. The minimum Gasteiger partial charge on any atom is -0.359 e. The molecule has 5 heteroatoms. The van der Waals surface area contributed by atoms with E-state index >= 15 is 0 Å². The Morgan fingerprint density at radius 2 is 2.00 bits per heavy atom. The number of halogens is 3. The maximum atomic E-state index is 11.6. The lowest BCUT2D eigenvalue weighted by atomic mass is 10.2. The van der Waals surface area contributed by atoms with Gasteiger partial charge in [-0.3, -0.25) is 4.79 Å². The third-order valence-electron chi connectivity index (χ3n) is 1.86. The molecule has 0 amide bonds. The number of aromatic amines is 1. The second-order valence-corrected chi connectivity index (χ2v) is 4.47. The van der Waals surface area contributed by atoms with Crippen LogP contribution in [0.4, 0.5) is 0 Å². The van der Waals surface area contributed by atoms with Crippen molar-refractivity contribution in [3.05, 3.63) is 43.1 Å². The van der Waals surface area contributed by atoms with Gasteiger partial charge in [0.15, 0.2) is 0 Å². The molecule has 0 saturated heterocycles. The number of hydrogen-bond donors (Lipinski definition) is 1. The molecule has 0 saturated carbocycles. The highest BCUT2D eigenvalue weighted by Gasteiger charge is 2.06. The van der Waals surface area contributed by atoms with Gasteiger partial charge in [-0.05, 0) is 28.1 Å². The summed E-state index contributed by atoms with van der Waals surface area (Å²) in [6, 6.07) is 3.18. The molecule has 0 aliphatic rings. The van der Waals surface area contributed by atoms with Crippen LogP contribution in [-0.4, -0.2) is 4.98 Å². The number of benzene rings is 1. The molecule has 0 unspecified atom stereocenters. The largest absolute Gasteiger partial charge is 0.359 e. The number of H-pyrrole nitrogens is 1. The van der Waals surface area contributed by atoms with Crippen LogP contribution in [0.25, 0.3) is 10.9 Å². The molecule has 0 atom stereocenters. The third-order valence-corrected chi connectivity index (χ3v) is 2.97. The van der Waals surface area contributed by atoms with Crippen LogP contribution in [0, 0.1) is 0 Å². The smallest absolute Gasteiger partial charge is 0.203 e. The Hall–Kier alpha value is -0.510. The van der Waals surface area contributed by atoms with E-state index in [0.29, 0.717) is 25.4 Å². The molecule has 0 radical (unpaired) electrons. The van der Waals surface area contributed by atoms with Crippen LogP contribution in [0.15, 0.2) is 27.6 Å². The second kappa shape index (κ2) is 3.57. The zero-order valence-corrected chi connectivity index (χ0v) is 9.87. The highest BCUT2D eigenvalue weighted by molar-refractivity contribution is 9.10. The molecule has 0 bridgehead atoms. The van der Waals surface area contributed by atoms with Crippen LogP contribution >= 0.6 is 39.1 Å². The standard InChI is InChI=1S/C9H4BrCl2NO/c10-6-3-13-8-5(9(6)14)1-4(11)2-7(8)12/h1-3H,(H,13,14). The molecule has 0 aliphatic carbocycles. The van der Waals surface area contributed by atoms with E-state index in [1.54, 1.807) is 18.3 Å². The summed E-state index contributed by atoms with van der Waals surface area (Å²) in [5.74, 6) is 0. The second-order valence-electron chi connectivity index (χ2n) is 2.78. The number of aromatic nitrogens is 1. The van der Waals surface area contributed by atoms with Crippen LogP contribution < -0.4 is 5.43 Å². The van der Waals surface area contributed by atoms with Gasteiger partial charge in [0.25, 0.3) is 0 Å². The van der Waals surface area contributed by atoms with Crippen molar-refractivity contribution in [2.45, 2.75) is 0 Å². The summed E-state index contributed by atoms with van der Waals surface area (Å²) in [6.45, 7) is 0. The summed E-state index contributed by atoms with van der Waals surface area (Å²) >= 11 is 14.8. The van der Waals surface area contributed by atoms with Crippen LogP contribution in [0.2, 0.25) is 10.0 Å². The fraction of sp³-hybridized carbons (Fsp3) is 0. The van der Waals surface area contributed by atoms with Gasteiger partial charge in [0.2, 0.25) is 5.43 Å². The lowest BCUT2D eigenvalue weighted by Crippen LogP contribution is -2.03. The molecule has 1 heterocycles. The Morgan fingerprint density at radius 3 is 2.71 bits per heavy atom. The fourth-order valence-corrected chi connectivity index (χ4v) is 2.11. The maximum Gasteiger partial charge on any atom is 0.203 e. The van der Waals surface area contributed by atoms with Crippen LogP contribution in [0.5, 0.6) is 0 Å². The van der Waals surface area contributed by atoms with Crippen molar-refractivity contribution in [3.8, 4) is 0 Å². The molecule has 1 aromatic carbocycles. The summed E-state index contributed by atoms with van der Waals surface area (Å²) in [5.41, 5.74) is 0.479. The lowest BCUT2D eigenvalue weighted by molar-refractivity contribution is 1.36. The van der Waals surface area contributed by atoms with Crippen LogP contribution in [-0.2, 0) is 0 Å². The molecule has 1 N–H and O–H groups in total. The highest BCUT2D eigenvalue weighted by atomic mass is 79.9. The average molecular weight is 293 g/mol. The van der Waals surface area contributed by atoms with E-state index in [1.165, 1.54) is 0 Å². The average Bonchev–Trinajstić information content (AvgIpc) is 2.12. The van der Waals surface area contributed by atoms with E-state index in [2.05, 4.69) is 20.9 Å². The number of nitrogens with one attached hydrogen (secondary N) is 1. The van der Waals surface area contributed by atoms with Crippen molar-refractivity contribution in [3.63, 3.8) is 0 Å². The van der Waals surface area contributed by atoms with E-state index in [0.717, 1.165) is 0 Å². The maximum absolute atomic E-state index is 11.6. The number of hydrogen-bond acceptors (Lipinski definition) is 1. The molecule has 0 aliphatic heterocycles. The molecular weight excluding hydrogens is 289 g/mol. The zero-order valence-electron chi connectivity index (χ0n) is 6.77. The molecule has 2 aromatic rings. The van der Waals surface area contributed by atoms with Gasteiger partial charge in [0, 0.05) is 16.6 Å². The Balaban J connectivity index is 3.03. The van der Waals surface area contributed by atoms with E-state index in [9.17, 15) is 4.79 Å². The van der Waals surface area contributed by atoms with Crippen molar-refractivity contribution >= 4 is 50.0 Å². The summed E-state index contributed by atoms with van der Waals surface area (Å²) in [6.07, 6.45) is 1.56. The van der Waals surface area contributed by atoms with Crippen LogP contribution in [0.3, 0.4) is 0 Å². The molecule has 0 spiro atoms. The Labute approximate surface area is 98.0 Å². The van der Waals surface area contributed by atoms with Gasteiger partial charge >= 0.3 is 0 Å². The van der Waals surface area contributed by atoms with E-state index < -0.39 is 0 Å². The SMILES string of the molecule is O=c1c(Br)c[nH]c2c(Cl)cc(Cl)cc12. The monoisotopic (exact) mass is 291 g/mol. The molecule has 72 valence electrons. The number of fused-ring (bicyclic) bond motifs is 1. The first-order chi connectivity index (χ1) is 6.59. The van der Waals surface area contributed by atoms with E-state index in [-0.39, 0.29) is 5.43 Å². The number of pyridine rings is 1. The van der Waals surface area contributed by atoms with Gasteiger partial charge in [-0.15, -0.1) is 0 Å². The van der Waals surface area contributed by atoms with Gasteiger partial charge in [0.1, 0.15) is 0 Å². The summed E-state index contributed by atoms with van der Waals surface area (Å²) in [7, 11) is 0. The zero-order chi connectivity index (χ0) is 10.3. The summed E-state index contributed by atoms with van der Waals surface area (Å²) in [4.78, 5) is 14.6. The Bertz CT molecular complexity index is 564. The van der Waals surface area contributed by atoms with Gasteiger partial charge < -0.3 is 4.98 Å². The predicted molar refractivity (Wildman–Crippen MR) is 62.3 cm³/mol. The molecule has 2 rings (SSSR count). The Kier molecular flexibility index (Phi) is 2.56. The highest BCUT2D eigenvalue weighted by Crippen LogP contribution is 2.25. The predicted octanol–water partition coefficient (Wildman–Crippen LogP) is 3.60. The summed E-state index contributed by atoms with van der Waals surface area (Å²) < 4.78 is 0.461. The minimum absolute atomic E-state index is 0.122. The quantitative estimate of drug-likeness (QED) is 0.791. The molecule has 0 fully saturated rings. The van der Waals surface area contributed by atoms with E-state index in [4.69, 9.17) is 23.2 Å². The minimum atomic E-state index is -0.122. The van der Waals surface area contributed by atoms with Crippen molar-refractivity contribution in [1.29, 1.82) is 0 Å². The van der Waals surface area contributed by atoms with Crippen molar-refractivity contribution < 1.29 is 0 Å². The first-order valence-corrected chi connectivity index (χ1v) is 5.30. The topological polar surface area (TPSA) is 32.9 Å². The third kappa shape index (κ3) is 1.56. The fourth-order valence-electron chi connectivity index (χ4n) is 1.23. The summed E-state index contributed by atoms with van der Waals surface area (Å²) in [5, 5.41) is 1.38. The molecule has 1 aromatic heterocycles. The molecule has 2 nitrogen and oxygen atoms in total.